The van der Waals surface area contributed by atoms with Gasteiger partial charge in [0.1, 0.15) is 18.3 Å². The van der Waals surface area contributed by atoms with Crippen molar-refractivity contribution in [1.29, 1.82) is 0 Å². The molecule has 0 radical (unpaired) electrons. The maximum absolute atomic E-state index is 11.2. The second-order valence-electron chi connectivity index (χ2n) is 4.91. The summed E-state index contributed by atoms with van der Waals surface area (Å²) in [5.41, 5.74) is 4.07. The van der Waals surface area contributed by atoms with Crippen LogP contribution in [-0.2, 0) is 19.6 Å². The highest BCUT2D eigenvalue weighted by molar-refractivity contribution is 7.86. The highest BCUT2D eigenvalue weighted by atomic mass is 32.2. The van der Waals surface area contributed by atoms with Crippen molar-refractivity contribution in [3.05, 3.63) is 0 Å². The van der Waals surface area contributed by atoms with Crippen molar-refractivity contribution in [1.82, 2.24) is 5.32 Å². The molecule has 0 aromatic heterocycles. The first-order chi connectivity index (χ1) is 9.57. The Kier molecular flexibility index (Phi) is 6.04. The van der Waals surface area contributed by atoms with E-state index in [2.05, 4.69) is 5.32 Å². The van der Waals surface area contributed by atoms with Crippen molar-refractivity contribution in [2.24, 2.45) is 5.73 Å². The van der Waals surface area contributed by atoms with Crippen LogP contribution in [0.1, 0.15) is 13.3 Å². The van der Waals surface area contributed by atoms with Crippen LogP contribution in [0, 0.1) is 0 Å². The van der Waals surface area contributed by atoms with Gasteiger partial charge < -0.3 is 31.1 Å². The Bertz CT molecular complexity index is 470. The van der Waals surface area contributed by atoms with Crippen LogP contribution >= 0.6 is 0 Å². The van der Waals surface area contributed by atoms with Crippen LogP contribution < -0.4 is 11.1 Å². The number of nitrogens with two attached hydrogens (primary N) is 1. The minimum atomic E-state index is -4.58. The molecule has 1 rings (SSSR count). The van der Waals surface area contributed by atoms with E-state index in [-0.39, 0.29) is 6.42 Å². The maximum Gasteiger partial charge on any atom is 0.292 e. The average Bonchev–Trinajstić information content (AvgIpc) is 2.37. The number of nitrogens with one attached hydrogen (secondary N) is 1. The molecule has 1 amide bonds. The molecule has 0 aromatic carbocycles. The van der Waals surface area contributed by atoms with E-state index in [0.29, 0.717) is 0 Å². The van der Waals surface area contributed by atoms with E-state index in [1.165, 1.54) is 6.92 Å². The zero-order chi connectivity index (χ0) is 16.4. The van der Waals surface area contributed by atoms with Gasteiger partial charge in [-0.1, -0.05) is 0 Å². The maximum atomic E-state index is 11.2. The third-order valence-corrected chi connectivity index (χ3v) is 4.18. The zero-order valence-electron chi connectivity index (χ0n) is 11.3. The topological polar surface area (TPSA) is 179 Å². The quantitative estimate of drug-likeness (QED) is 0.280. The third kappa shape index (κ3) is 4.57. The number of aliphatic hydroxyl groups is 3. The molecule has 124 valence electrons. The fourth-order valence-corrected chi connectivity index (χ4v) is 2.90. The van der Waals surface area contributed by atoms with Gasteiger partial charge in [-0.25, -0.2) is 0 Å². The van der Waals surface area contributed by atoms with Crippen LogP contribution in [0.2, 0.25) is 0 Å². The van der Waals surface area contributed by atoms with Gasteiger partial charge in [-0.05, 0) is 0 Å². The number of hydrogen-bond acceptors (Lipinski definition) is 8. The molecule has 10 nitrogen and oxygen atoms in total. The Balaban J connectivity index is 3.04. The van der Waals surface area contributed by atoms with Gasteiger partial charge >= 0.3 is 0 Å². The second kappa shape index (κ2) is 6.96. The third-order valence-electron chi connectivity index (χ3n) is 3.21. The molecular formula is C10H20N2O8S. The highest BCUT2D eigenvalue weighted by Gasteiger charge is 2.46. The monoisotopic (exact) mass is 328 g/mol. The molecule has 11 heteroatoms. The Morgan fingerprint density at radius 3 is 2.48 bits per heavy atom. The first-order valence-electron chi connectivity index (χ1n) is 6.19. The minimum absolute atomic E-state index is 0.303. The molecule has 6 atom stereocenters. The molecule has 7 N–H and O–H groups in total. The van der Waals surface area contributed by atoms with E-state index in [1.807, 2.05) is 0 Å². The van der Waals surface area contributed by atoms with E-state index in [0.717, 1.165) is 0 Å². The normalized spacial score (nSPS) is 33.2. The number of aliphatic hydroxyl groups excluding tert-OH is 3. The first kappa shape index (κ1) is 18.2. The summed E-state index contributed by atoms with van der Waals surface area (Å²) in [7, 11) is -4.58. The molecule has 0 unspecified atom stereocenters. The molecule has 0 aromatic rings. The molecule has 1 heterocycles. The van der Waals surface area contributed by atoms with E-state index in [4.69, 9.17) is 20.1 Å². The van der Waals surface area contributed by atoms with E-state index < -0.39 is 58.5 Å². The fourth-order valence-electron chi connectivity index (χ4n) is 2.16. The van der Waals surface area contributed by atoms with Gasteiger partial charge in [0.05, 0.1) is 12.6 Å². The standard InChI is InChI=1S/C10H20N2O8S/c1-4(14)12-8-5(11)2-7(21(17,18)19)20-10(8)9(16)6(15)3-13/h5-10,13,15-16H,2-3,11H2,1H3,(H,12,14)(H,17,18,19)/t5-,6+,7+,8+,9+,10+/m0/s1. The predicted molar refractivity (Wildman–Crippen MR) is 69.5 cm³/mol. The van der Waals surface area contributed by atoms with E-state index >= 15 is 0 Å². The van der Waals surface area contributed by atoms with Crippen molar-refractivity contribution < 1.29 is 37.8 Å². The average molecular weight is 328 g/mol. The molecule has 1 saturated heterocycles. The highest BCUT2D eigenvalue weighted by Crippen LogP contribution is 2.25. The van der Waals surface area contributed by atoms with Crippen LogP contribution in [0.15, 0.2) is 0 Å². The summed E-state index contributed by atoms with van der Waals surface area (Å²) in [6, 6.07) is -1.93. The fraction of sp³-hybridized carbons (Fsp3) is 0.900. The summed E-state index contributed by atoms with van der Waals surface area (Å²) >= 11 is 0. The molecule has 1 aliphatic heterocycles. The summed E-state index contributed by atoms with van der Waals surface area (Å²) in [5, 5.41) is 30.6. The van der Waals surface area contributed by atoms with Gasteiger partial charge in [0, 0.05) is 19.4 Å². The lowest BCUT2D eigenvalue weighted by Gasteiger charge is -2.42. The van der Waals surface area contributed by atoms with Gasteiger partial charge in [-0.15, -0.1) is 0 Å². The van der Waals surface area contributed by atoms with Crippen LogP contribution in [-0.4, -0.2) is 76.6 Å². The van der Waals surface area contributed by atoms with E-state index in [1.54, 1.807) is 0 Å². The van der Waals surface area contributed by atoms with Crippen LogP contribution in [0.5, 0.6) is 0 Å². The Labute approximate surface area is 121 Å². The summed E-state index contributed by atoms with van der Waals surface area (Å²) in [6.45, 7) is 0.382. The van der Waals surface area contributed by atoms with Crippen molar-refractivity contribution >= 4 is 16.0 Å². The number of carbonyl (C=O) groups is 1. The first-order valence-corrected chi connectivity index (χ1v) is 7.69. The van der Waals surface area contributed by atoms with Gasteiger partial charge in [0.15, 0.2) is 5.44 Å². The lowest BCUT2D eigenvalue weighted by molar-refractivity contribution is -0.147. The van der Waals surface area contributed by atoms with Crippen molar-refractivity contribution in [2.75, 3.05) is 6.61 Å². The SMILES string of the molecule is CC(=O)N[C@H]1[C@H]([C@H](O)[C@H](O)CO)O[C@H](S(=O)(=O)O)C[C@@H]1N. The Morgan fingerprint density at radius 2 is 2.05 bits per heavy atom. The summed E-state index contributed by atoms with van der Waals surface area (Å²) < 4.78 is 36.4. The minimum Gasteiger partial charge on any atom is -0.394 e. The van der Waals surface area contributed by atoms with Gasteiger partial charge in [0.2, 0.25) is 5.91 Å². The van der Waals surface area contributed by atoms with Crippen molar-refractivity contribution in [3.63, 3.8) is 0 Å². The molecule has 0 spiro atoms. The smallest absolute Gasteiger partial charge is 0.292 e. The molecule has 0 aliphatic carbocycles. The van der Waals surface area contributed by atoms with Gasteiger partial charge in [-0.2, -0.15) is 8.42 Å². The van der Waals surface area contributed by atoms with Gasteiger partial charge in [0.25, 0.3) is 10.1 Å². The molecule has 0 saturated carbocycles. The molecular weight excluding hydrogens is 308 g/mol. The number of ether oxygens (including phenoxy) is 1. The second-order valence-corrected chi connectivity index (χ2v) is 6.47. The Morgan fingerprint density at radius 1 is 1.48 bits per heavy atom. The van der Waals surface area contributed by atoms with Crippen molar-refractivity contribution in [2.45, 2.75) is 49.2 Å². The largest absolute Gasteiger partial charge is 0.394 e. The summed E-state index contributed by atoms with van der Waals surface area (Å²) in [4.78, 5) is 11.2. The molecule has 0 bridgehead atoms. The number of carbonyl (C=O) groups excluding carboxylic acids is 1. The number of hydrogen-bond donors (Lipinski definition) is 6. The lowest BCUT2D eigenvalue weighted by Crippen LogP contribution is -2.65. The van der Waals surface area contributed by atoms with Crippen LogP contribution in [0.3, 0.4) is 0 Å². The zero-order valence-corrected chi connectivity index (χ0v) is 12.1. The predicted octanol–water partition coefficient (Wildman–Crippen LogP) is -3.46. The Hall–Kier alpha value is -0.820. The molecule has 21 heavy (non-hydrogen) atoms. The number of rotatable bonds is 5. The van der Waals surface area contributed by atoms with Gasteiger partial charge in [-0.3, -0.25) is 9.35 Å². The molecule has 1 aliphatic rings. The van der Waals surface area contributed by atoms with Crippen LogP contribution in [0.4, 0.5) is 0 Å². The molecule has 1 fully saturated rings. The van der Waals surface area contributed by atoms with E-state index in [9.17, 15) is 23.4 Å². The number of amides is 1. The lowest BCUT2D eigenvalue weighted by atomic mass is 9.91. The summed E-state index contributed by atoms with van der Waals surface area (Å²) in [5.74, 6) is -0.500. The van der Waals surface area contributed by atoms with Crippen molar-refractivity contribution in [3.8, 4) is 0 Å². The van der Waals surface area contributed by atoms with Crippen LogP contribution in [0.25, 0.3) is 0 Å². The summed E-state index contributed by atoms with van der Waals surface area (Å²) in [6.07, 6.45) is -5.05.